The van der Waals surface area contributed by atoms with Gasteiger partial charge < -0.3 is 15.1 Å². The summed E-state index contributed by atoms with van der Waals surface area (Å²) in [6.45, 7) is 3.92. The fraction of sp³-hybridized carbons (Fsp3) is 0.833. The van der Waals surface area contributed by atoms with Gasteiger partial charge in [0.05, 0.1) is 18.1 Å². The largest absolute Gasteiger partial charge is 0.339 e. The molecule has 7 nitrogen and oxygen atoms in total. The Labute approximate surface area is 119 Å². The van der Waals surface area contributed by atoms with E-state index in [0.29, 0.717) is 32.6 Å². The zero-order valence-electron chi connectivity index (χ0n) is 11.7. The van der Waals surface area contributed by atoms with E-state index in [9.17, 15) is 18.0 Å². The van der Waals surface area contributed by atoms with Crippen molar-refractivity contribution in [1.82, 2.24) is 15.1 Å². The summed E-state index contributed by atoms with van der Waals surface area (Å²) in [5.74, 6) is 0.332. The molecule has 2 saturated heterocycles. The molecule has 2 rings (SSSR count). The summed E-state index contributed by atoms with van der Waals surface area (Å²) in [5, 5.41) is 3.02. The molecule has 2 fully saturated rings. The van der Waals surface area contributed by atoms with E-state index in [4.69, 9.17) is 0 Å². The predicted molar refractivity (Wildman–Crippen MR) is 73.9 cm³/mol. The molecule has 0 aromatic heterocycles. The van der Waals surface area contributed by atoms with Gasteiger partial charge in [-0.3, -0.25) is 9.59 Å². The van der Waals surface area contributed by atoms with Crippen LogP contribution in [0.25, 0.3) is 0 Å². The Morgan fingerprint density at radius 2 is 1.75 bits per heavy atom. The molecular weight excluding hydrogens is 282 g/mol. The molecule has 2 heterocycles. The number of hydrogen-bond acceptors (Lipinski definition) is 5. The van der Waals surface area contributed by atoms with Crippen molar-refractivity contribution in [2.75, 3.05) is 44.2 Å². The van der Waals surface area contributed by atoms with Crippen LogP contribution in [0.3, 0.4) is 0 Å². The van der Waals surface area contributed by atoms with E-state index < -0.39 is 9.84 Å². The number of sulfone groups is 1. The van der Waals surface area contributed by atoms with Crippen LogP contribution >= 0.6 is 0 Å². The van der Waals surface area contributed by atoms with Crippen LogP contribution < -0.4 is 5.32 Å². The minimum Gasteiger partial charge on any atom is -0.339 e. The second-order valence-corrected chi connectivity index (χ2v) is 7.60. The standard InChI is InChI=1S/C12H21N3O4S/c1-10(16)14-3-5-15(6-4-14)12(17)8-13-11-2-7-20(18,19)9-11/h11,13H,2-9H2,1H3. The van der Waals surface area contributed by atoms with E-state index in [1.54, 1.807) is 9.80 Å². The summed E-state index contributed by atoms with van der Waals surface area (Å²) >= 11 is 0. The second kappa shape index (κ2) is 6.09. The normalized spacial score (nSPS) is 25.8. The molecular formula is C12H21N3O4S. The average molecular weight is 303 g/mol. The molecule has 2 amide bonds. The highest BCUT2D eigenvalue weighted by Crippen LogP contribution is 2.11. The number of piperazine rings is 1. The maximum atomic E-state index is 12.0. The van der Waals surface area contributed by atoms with Gasteiger partial charge >= 0.3 is 0 Å². The summed E-state index contributed by atoms with van der Waals surface area (Å²) in [5.41, 5.74) is 0. The highest BCUT2D eigenvalue weighted by Gasteiger charge is 2.29. The van der Waals surface area contributed by atoms with Gasteiger partial charge in [0.1, 0.15) is 0 Å². The number of hydrogen-bond donors (Lipinski definition) is 1. The van der Waals surface area contributed by atoms with Crippen molar-refractivity contribution in [3.8, 4) is 0 Å². The van der Waals surface area contributed by atoms with Crippen LogP contribution in [0, 0.1) is 0 Å². The Bertz CT molecular complexity index is 483. The molecule has 1 N–H and O–H groups in total. The molecule has 0 radical (unpaired) electrons. The van der Waals surface area contributed by atoms with Crippen LogP contribution in [0.15, 0.2) is 0 Å². The predicted octanol–water partition coefficient (Wildman–Crippen LogP) is -1.55. The number of rotatable bonds is 3. The molecule has 8 heteroatoms. The van der Waals surface area contributed by atoms with Crippen molar-refractivity contribution in [3.05, 3.63) is 0 Å². The summed E-state index contributed by atoms with van der Waals surface area (Å²) in [7, 11) is -2.92. The van der Waals surface area contributed by atoms with Gasteiger partial charge in [-0.05, 0) is 6.42 Å². The van der Waals surface area contributed by atoms with E-state index in [2.05, 4.69) is 5.32 Å². The van der Waals surface area contributed by atoms with Crippen LogP contribution in [0.4, 0.5) is 0 Å². The molecule has 2 aliphatic heterocycles. The Kier molecular flexibility index (Phi) is 4.64. The zero-order valence-corrected chi connectivity index (χ0v) is 12.5. The van der Waals surface area contributed by atoms with Gasteiger partial charge in [-0.15, -0.1) is 0 Å². The van der Waals surface area contributed by atoms with Crippen molar-refractivity contribution in [3.63, 3.8) is 0 Å². The molecule has 1 atom stereocenters. The van der Waals surface area contributed by atoms with Gasteiger partial charge in [-0.1, -0.05) is 0 Å². The third kappa shape index (κ3) is 3.92. The van der Waals surface area contributed by atoms with Gasteiger partial charge in [0.15, 0.2) is 9.84 Å². The Balaban J connectivity index is 1.72. The summed E-state index contributed by atoms with van der Waals surface area (Å²) in [6, 6.07) is -0.109. The van der Waals surface area contributed by atoms with E-state index in [1.807, 2.05) is 0 Å². The van der Waals surface area contributed by atoms with Crippen LogP contribution in [0.5, 0.6) is 0 Å². The first kappa shape index (κ1) is 15.2. The number of nitrogens with zero attached hydrogens (tertiary/aromatic N) is 2. The lowest BCUT2D eigenvalue weighted by Crippen LogP contribution is -2.52. The van der Waals surface area contributed by atoms with Gasteiger partial charge in [0.2, 0.25) is 11.8 Å². The summed E-state index contributed by atoms with van der Waals surface area (Å²) in [6.07, 6.45) is 0.577. The Morgan fingerprint density at radius 3 is 2.25 bits per heavy atom. The summed E-state index contributed by atoms with van der Waals surface area (Å²) in [4.78, 5) is 26.6. The molecule has 0 bridgehead atoms. The fourth-order valence-corrected chi connectivity index (χ4v) is 4.28. The molecule has 2 aliphatic rings. The molecule has 0 aromatic rings. The Hall–Kier alpha value is -1.15. The van der Waals surface area contributed by atoms with E-state index in [-0.39, 0.29) is 35.9 Å². The highest BCUT2D eigenvalue weighted by atomic mass is 32.2. The van der Waals surface area contributed by atoms with Crippen LogP contribution in [-0.4, -0.2) is 80.3 Å². The lowest BCUT2D eigenvalue weighted by atomic mass is 10.2. The van der Waals surface area contributed by atoms with Gasteiger partial charge in [-0.25, -0.2) is 8.42 Å². The number of carbonyl (C=O) groups excluding carboxylic acids is 2. The molecule has 20 heavy (non-hydrogen) atoms. The molecule has 0 spiro atoms. The second-order valence-electron chi connectivity index (χ2n) is 5.37. The topological polar surface area (TPSA) is 86.8 Å². The SMILES string of the molecule is CC(=O)N1CCN(C(=O)CNC2CCS(=O)(=O)C2)CC1. The third-order valence-corrected chi connectivity index (χ3v) is 5.62. The Morgan fingerprint density at radius 1 is 1.15 bits per heavy atom. The molecule has 114 valence electrons. The molecule has 0 aromatic carbocycles. The first-order valence-electron chi connectivity index (χ1n) is 6.84. The summed E-state index contributed by atoms with van der Waals surface area (Å²) < 4.78 is 22.6. The van der Waals surface area contributed by atoms with Crippen LogP contribution in [0.2, 0.25) is 0 Å². The molecule has 0 aliphatic carbocycles. The van der Waals surface area contributed by atoms with Crippen molar-refractivity contribution in [1.29, 1.82) is 0 Å². The van der Waals surface area contributed by atoms with Crippen molar-refractivity contribution in [2.24, 2.45) is 0 Å². The maximum Gasteiger partial charge on any atom is 0.236 e. The monoisotopic (exact) mass is 303 g/mol. The van der Waals surface area contributed by atoms with E-state index >= 15 is 0 Å². The van der Waals surface area contributed by atoms with Crippen molar-refractivity contribution >= 4 is 21.7 Å². The average Bonchev–Trinajstić information content (AvgIpc) is 2.75. The smallest absolute Gasteiger partial charge is 0.236 e. The van der Waals surface area contributed by atoms with Crippen LogP contribution in [-0.2, 0) is 19.4 Å². The van der Waals surface area contributed by atoms with Crippen molar-refractivity contribution in [2.45, 2.75) is 19.4 Å². The number of nitrogens with one attached hydrogen (secondary N) is 1. The van der Waals surface area contributed by atoms with Crippen LogP contribution in [0.1, 0.15) is 13.3 Å². The lowest BCUT2D eigenvalue weighted by Gasteiger charge is -2.34. The minimum atomic E-state index is -2.92. The number of amides is 2. The number of carbonyl (C=O) groups is 2. The van der Waals surface area contributed by atoms with E-state index in [0.717, 1.165) is 0 Å². The maximum absolute atomic E-state index is 12.0. The van der Waals surface area contributed by atoms with E-state index in [1.165, 1.54) is 6.92 Å². The first-order chi connectivity index (χ1) is 9.37. The molecule has 0 saturated carbocycles. The third-order valence-electron chi connectivity index (χ3n) is 3.85. The zero-order chi connectivity index (χ0) is 14.8. The fourth-order valence-electron chi connectivity index (χ4n) is 2.57. The minimum absolute atomic E-state index is 0.0301. The van der Waals surface area contributed by atoms with Crippen molar-refractivity contribution < 1.29 is 18.0 Å². The van der Waals surface area contributed by atoms with Gasteiger partial charge in [-0.2, -0.15) is 0 Å². The van der Waals surface area contributed by atoms with Gasteiger partial charge in [0, 0.05) is 39.1 Å². The van der Waals surface area contributed by atoms with Gasteiger partial charge in [0.25, 0.3) is 0 Å². The molecule has 1 unspecified atom stereocenters. The lowest BCUT2D eigenvalue weighted by molar-refractivity contribution is -0.137. The quantitative estimate of drug-likeness (QED) is 0.682. The highest BCUT2D eigenvalue weighted by molar-refractivity contribution is 7.91. The first-order valence-corrected chi connectivity index (χ1v) is 8.66.